The van der Waals surface area contributed by atoms with Crippen LogP contribution >= 0.6 is 11.6 Å². The molecular weight excluding hydrogens is 248 g/mol. The minimum Gasteiger partial charge on any atom is -0.323 e. The van der Waals surface area contributed by atoms with E-state index < -0.39 is 0 Å². The molecule has 1 heterocycles. The van der Waals surface area contributed by atoms with Crippen LogP contribution in [0.2, 0.25) is 5.02 Å². The zero-order chi connectivity index (χ0) is 12.8. The van der Waals surface area contributed by atoms with Crippen molar-refractivity contribution < 1.29 is 4.79 Å². The van der Waals surface area contributed by atoms with E-state index in [-0.39, 0.29) is 5.91 Å². The van der Waals surface area contributed by atoms with Crippen LogP contribution in [0, 0.1) is 0 Å². The molecule has 90 valence electrons. The quantitative estimate of drug-likeness (QED) is 0.858. The number of carbonyl (C=O) groups is 1. The van der Waals surface area contributed by atoms with Gasteiger partial charge in [0.2, 0.25) is 5.91 Å². The van der Waals surface area contributed by atoms with Gasteiger partial charge in [0, 0.05) is 29.2 Å². The number of nitrogens with zero attached hydrogens (tertiary/aromatic N) is 1. The molecule has 2 aromatic rings. The molecular formula is C14H11ClN2O. The fourth-order valence-corrected chi connectivity index (χ4v) is 1.49. The van der Waals surface area contributed by atoms with Gasteiger partial charge in [0.25, 0.3) is 0 Å². The fraction of sp³-hybridized carbons (Fsp3) is 0. The topological polar surface area (TPSA) is 42.0 Å². The van der Waals surface area contributed by atoms with Crippen molar-refractivity contribution in [2.75, 3.05) is 5.32 Å². The summed E-state index contributed by atoms with van der Waals surface area (Å²) in [6, 6.07) is 10.6. The van der Waals surface area contributed by atoms with Crippen LogP contribution in [0.25, 0.3) is 6.08 Å². The molecule has 1 aromatic carbocycles. The van der Waals surface area contributed by atoms with Crippen LogP contribution in [0.3, 0.4) is 0 Å². The molecule has 1 N–H and O–H groups in total. The molecule has 0 atom stereocenters. The molecule has 0 fully saturated rings. The molecule has 0 saturated heterocycles. The molecule has 0 spiro atoms. The van der Waals surface area contributed by atoms with Gasteiger partial charge in [0.1, 0.15) is 0 Å². The molecule has 0 aliphatic heterocycles. The third kappa shape index (κ3) is 3.71. The number of anilines is 1. The summed E-state index contributed by atoms with van der Waals surface area (Å²) in [5.74, 6) is -0.193. The van der Waals surface area contributed by atoms with E-state index in [1.807, 2.05) is 12.1 Å². The van der Waals surface area contributed by atoms with E-state index in [1.165, 1.54) is 6.08 Å². The summed E-state index contributed by atoms with van der Waals surface area (Å²) in [6.07, 6.45) is 6.54. The molecule has 0 aliphatic carbocycles. The number of hydrogen-bond donors (Lipinski definition) is 1. The number of benzene rings is 1. The van der Waals surface area contributed by atoms with Crippen molar-refractivity contribution in [2.24, 2.45) is 0 Å². The Morgan fingerprint density at radius 3 is 2.67 bits per heavy atom. The second-order valence-corrected chi connectivity index (χ2v) is 4.05. The zero-order valence-electron chi connectivity index (χ0n) is 9.51. The molecule has 0 aliphatic rings. The van der Waals surface area contributed by atoms with Crippen molar-refractivity contribution in [2.45, 2.75) is 0 Å². The first-order chi connectivity index (χ1) is 8.74. The highest BCUT2D eigenvalue weighted by atomic mass is 35.5. The van der Waals surface area contributed by atoms with Gasteiger partial charge in [-0.2, -0.15) is 0 Å². The first-order valence-corrected chi connectivity index (χ1v) is 5.76. The summed E-state index contributed by atoms with van der Waals surface area (Å²) in [5, 5.41) is 3.37. The van der Waals surface area contributed by atoms with Crippen LogP contribution in [0.1, 0.15) is 5.56 Å². The molecule has 3 nitrogen and oxygen atoms in total. The van der Waals surface area contributed by atoms with Crippen molar-refractivity contribution in [1.82, 2.24) is 4.98 Å². The summed E-state index contributed by atoms with van der Waals surface area (Å²) in [7, 11) is 0. The number of halogens is 1. The summed E-state index contributed by atoms with van der Waals surface area (Å²) >= 11 is 5.76. The predicted octanol–water partition coefficient (Wildman–Crippen LogP) is 3.39. The lowest BCUT2D eigenvalue weighted by Gasteiger charge is -2.01. The Hall–Kier alpha value is -2.13. The molecule has 0 radical (unpaired) electrons. The Labute approximate surface area is 110 Å². The highest BCUT2D eigenvalue weighted by Crippen LogP contribution is 2.13. The first kappa shape index (κ1) is 12.3. The van der Waals surface area contributed by atoms with Crippen LogP contribution < -0.4 is 5.32 Å². The molecule has 0 saturated carbocycles. The number of nitrogens with one attached hydrogen (secondary N) is 1. The number of amides is 1. The average Bonchev–Trinajstić information content (AvgIpc) is 2.40. The Bertz CT molecular complexity index is 550. The van der Waals surface area contributed by atoms with Crippen LogP contribution in [-0.4, -0.2) is 10.9 Å². The molecule has 1 aromatic heterocycles. The van der Waals surface area contributed by atoms with Gasteiger partial charge in [0.15, 0.2) is 0 Å². The highest BCUT2D eigenvalue weighted by Gasteiger charge is 1.97. The van der Waals surface area contributed by atoms with Crippen molar-refractivity contribution >= 4 is 29.3 Å². The largest absolute Gasteiger partial charge is 0.323 e. The van der Waals surface area contributed by atoms with Crippen LogP contribution in [0.4, 0.5) is 5.69 Å². The maximum absolute atomic E-state index is 11.6. The Morgan fingerprint density at radius 1 is 1.22 bits per heavy atom. The van der Waals surface area contributed by atoms with E-state index >= 15 is 0 Å². The number of aromatic nitrogens is 1. The maximum Gasteiger partial charge on any atom is 0.248 e. The lowest BCUT2D eigenvalue weighted by Crippen LogP contribution is -2.07. The van der Waals surface area contributed by atoms with E-state index in [0.717, 1.165) is 5.56 Å². The van der Waals surface area contributed by atoms with Crippen molar-refractivity contribution in [3.63, 3.8) is 0 Å². The van der Waals surface area contributed by atoms with Gasteiger partial charge in [-0.15, -0.1) is 0 Å². The van der Waals surface area contributed by atoms with E-state index in [4.69, 9.17) is 11.6 Å². The molecule has 0 unspecified atom stereocenters. The minimum absolute atomic E-state index is 0.193. The van der Waals surface area contributed by atoms with E-state index in [9.17, 15) is 4.79 Å². The van der Waals surface area contributed by atoms with Gasteiger partial charge in [-0.05, 0) is 42.0 Å². The maximum atomic E-state index is 11.6. The average molecular weight is 259 g/mol. The Kier molecular flexibility index (Phi) is 4.10. The predicted molar refractivity (Wildman–Crippen MR) is 73.4 cm³/mol. The summed E-state index contributed by atoms with van der Waals surface area (Å²) < 4.78 is 0. The lowest BCUT2D eigenvalue weighted by atomic mass is 10.2. The minimum atomic E-state index is -0.193. The standard InChI is InChI=1S/C14H11ClN2O/c15-12-4-6-13(7-5-12)17-14(18)8-3-11-2-1-9-16-10-11/h1-10H,(H,17,18)/b8-3+. The van der Waals surface area contributed by atoms with E-state index in [2.05, 4.69) is 10.3 Å². The van der Waals surface area contributed by atoms with Crippen LogP contribution in [-0.2, 0) is 4.79 Å². The monoisotopic (exact) mass is 258 g/mol. The third-order valence-electron chi connectivity index (χ3n) is 2.22. The van der Waals surface area contributed by atoms with Gasteiger partial charge in [-0.25, -0.2) is 0 Å². The summed E-state index contributed by atoms with van der Waals surface area (Å²) in [5.41, 5.74) is 1.59. The number of pyridine rings is 1. The van der Waals surface area contributed by atoms with Crippen molar-refractivity contribution in [1.29, 1.82) is 0 Å². The Balaban J connectivity index is 1.97. The molecule has 1 amide bonds. The van der Waals surface area contributed by atoms with Gasteiger partial charge >= 0.3 is 0 Å². The van der Waals surface area contributed by atoms with E-state index in [0.29, 0.717) is 10.7 Å². The van der Waals surface area contributed by atoms with Gasteiger partial charge in [-0.3, -0.25) is 9.78 Å². The number of hydrogen-bond acceptors (Lipinski definition) is 2. The molecule has 4 heteroatoms. The summed E-state index contributed by atoms with van der Waals surface area (Å²) in [6.45, 7) is 0. The molecule has 2 rings (SSSR count). The van der Waals surface area contributed by atoms with Crippen molar-refractivity contribution in [3.05, 3.63) is 65.5 Å². The second kappa shape index (κ2) is 5.98. The van der Waals surface area contributed by atoms with Gasteiger partial charge in [0.05, 0.1) is 0 Å². The lowest BCUT2D eigenvalue weighted by molar-refractivity contribution is -0.111. The van der Waals surface area contributed by atoms with E-state index in [1.54, 1.807) is 42.7 Å². The number of rotatable bonds is 3. The highest BCUT2D eigenvalue weighted by molar-refractivity contribution is 6.30. The van der Waals surface area contributed by atoms with Gasteiger partial charge in [-0.1, -0.05) is 17.7 Å². The second-order valence-electron chi connectivity index (χ2n) is 3.62. The Morgan fingerprint density at radius 2 is 2.00 bits per heavy atom. The van der Waals surface area contributed by atoms with Crippen molar-refractivity contribution in [3.8, 4) is 0 Å². The zero-order valence-corrected chi connectivity index (χ0v) is 10.3. The SMILES string of the molecule is O=C(/C=C/c1cccnc1)Nc1ccc(Cl)cc1. The first-order valence-electron chi connectivity index (χ1n) is 5.39. The normalized spacial score (nSPS) is 10.5. The number of carbonyl (C=O) groups excluding carboxylic acids is 1. The van der Waals surface area contributed by atoms with Crippen LogP contribution in [0.15, 0.2) is 54.9 Å². The molecule has 18 heavy (non-hydrogen) atoms. The summed E-state index contributed by atoms with van der Waals surface area (Å²) in [4.78, 5) is 15.6. The fourth-order valence-electron chi connectivity index (χ4n) is 1.36. The molecule has 0 bridgehead atoms. The smallest absolute Gasteiger partial charge is 0.248 e. The van der Waals surface area contributed by atoms with Crippen LogP contribution in [0.5, 0.6) is 0 Å². The third-order valence-corrected chi connectivity index (χ3v) is 2.48. The van der Waals surface area contributed by atoms with Gasteiger partial charge < -0.3 is 5.32 Å².